The predicted molar refractivity (Wildman–Crippen MR) is 100.0 cm³/mol. The van der Waals surface area contributed by atoms with Crippen molar-refractivity contribution in [1.82, 2.24) is 15.1 Å². The molecule has 25 heavy (non-hydrogen) atoms. The van der Waals surface area contributed by atoms with Gasteiger partial charge in [-0.2, -0.15) is 0 Å². The normalized spacial score (nSPS) is 23.3. The Bertz CT molecular complexity index is 616. The van der Waals surface area contributed by atoms with Gasteiger partial charge in [0.15, 0.2) is 0 Å². The predicted octanol–water partition coefficient (Wildman–Crippen LogP) is 3.16. The Morgan fingerprint density at radius 2 is 1.92 bits per heavy atom. The van der Waals surface area contributed by atoms with Crippen molar-refractivity contribution < 1.29 is 9.53 Å². The molecule has 0 spiro atoms. The summed E-state index contributed by atoms with van der Waals surface area (Å²) < 4.78 is 6.09. The number of hydrogen-bond acceptors (Lipinski definition) is 3. The molecular formula is C20H31N3O2. The molecule has 0 unspecified atom stereocenters. The van der Waals surface area contributed by atoms with Crippen LogP contribution in [0.25, 0.3) is 0 Å². The quantitative estimate of drug-likeness (QED) is 0.915. The summed E-state index contributed by atoms with van der Waals surface area (Å²) >= 11 is 0. The van der Waals surface area contributed by atoms with E-state index in [2.05, 4.69) is 29.3 Å². The molecule has 0 aliphatic carbocycles. The third kappa shape index (κ3) is 4.66. The van der Waals surface area contributed by atoms with Gasteiger partial charge in [-0.05, 0) is 52.2 Å². The maximum atomic E-state index is 12.7. The maximum Gasteiger partial charge on any atom is 0.317 e. The number of benzene rings is 1. The second-order valence-electron chi connectivity index (χ2n) is 8.25. The van der Waals surface area contributed by atoms with Gasteiger partial charge in [0.05, 0.1) is 0 Å². The molecule has 4 rings (SSSR count). The van der Waals surface area contributed by atoms with E-state index < -0.39 is 0 Å². The van der Waals surface area contributed by atoms with Crippen LogP contribution in [-0.2, 0) is 6.54 Å². The first-order valence-electron chi connectivity index (χ1n) is 9.37. The van der Waals surface area contributed by atoms with E-state index in [1.807, 2.05) is 31.7 Å². The molecule has 138 valence electrons. The number of urea groups is 1. The van der Waals surface area contributed by atoms with Gasteiger partial charge in [-0.25, -0.2) is 4.79 Å². The molecule has 3 aliphatic heterocycles. The van der Waals surface area contributed by atoms with Gasteiger partial charge in [0.2, 0.25) is 0 Å². The highest BCUT2D eigenvalue weighted by atomic mass is 16.5. The Balaban J connectivity index is 1.65. The topological polar surface area (TPSA) is 44.8 Å². The van der Waals surface area contributed by atoms with Crippen LogP contribution >= 0.6 is 0 Å². The van der Waals surface area contributed by atoms with Crippen LogP contribution in [0.15, 0.2) is 18.2 Å². The van der Waals surface area contributed by atoms with Gasteiger partial charge in [0.1, 0.15) is 11.4 Å². The third-order valence-corrected chi connectivity index (χ3v) is 4.98. The summed E-state index contributed by atoms with van der Waals surface area (Å²) in [4.78, 5) is 17.2. The van der Waals surface area contributed by atoms with Gasteiger partial charge < -0.3 is 19.9 Å². The molecule has 0 aromatic heterocycles. The van der Waals surface area contributed by atoms with Gasteiger partial charge in [0.25, 0.3) is 0 Å². The van der Waals surface area contributed by atoms with Crippen molar-refractivity contribution in [2.45, 2.75) is 58.7 Å². The summed E-state index contributed by atoms with van der Waals surface area (Å²) in [5.41, 5.74) is 1.93. The Morgan fingerprint density at radius 1 is 1.20 bits per heavy atom. The van der Waals surface area contributed by atoms with Crippen LogP contribution in [-0.4, -0.2) is 53.7 Å². The van der Waals surface area contributed by atoms with Gasteiger partial charge in [-0.3, -0.25) is 0 Å². The van der Waals surface area contributed by atoms with E-state index >= 15 is 0 Å². The monoisotopic (exact) mass is 345 g/mol. The summed E-state index contributed by atoms with van der Waals surface area (Å²) in [6.45, 7) is 12.7. The van der Waals surface area contributed by atoms with Crippen molar-refractivity contribution in [3.63, 3.8) is 0 Å². The molecular weight excluding hydrogens is 314 g/mol. The standard InChI is InChI=1S/C20H31N3O2/c1-15-5-6-16(18(13-15)25-20(2,3)4)14-21-19(24)23-12-11-22-9-7-17(23)8-10-22/h5-6,13,17H,7-12,14H2,1-4H3,(H,21,24). The van der Waals surface area contributed by atoms with Gasteiger partial charge >= 0.3 is 6.03 Å². The number of hydrogen-bond donors (Lipinski definition) is 1. The van der Waals surface area contributed by atoms with E-state index in [1.165, 1.54) is 0 Å². The third-order valence-electron chi connectivity index (χ3n) is 4.98. The molecule has 5 nitrogen and oxygen atoms in total. The van der Waals surface area contributed by atoms with E-state index in [-0.39, 0.29) is 11.6 Å². The molecule has 0 atom stereocenters. The van der Waals surface area contributed by atoms with Gasteiger partial charge in [-0.15, -0.1) is 0 Å². The number of rotatable bonds is 3. The fourth-order valence-electron chi connectivity index (χ4n) is 3.66. The number of piperidine rings is 1. The van der Waals surface area contributed by atoms with Crippen molar-refractivity contribution in [2.75, 3.05) is 26.2 Å². The smallest absolute Gasteiger partial charge is 0.317 e. The fourth-order valence-corrected chi connectivity index (χ4v) is 3.66. The Hall–Kier alpha value is -1.75. The van der Waals surface area contributed by atoms with Crippen molar-refractivity contribution in [2.24, 2.45) is 0 Å². The highest BCUT2D eigenvalue weighted by Gasteiger charge is 2.31. The van der Waals surface area contributed by atoms with Crippen molar-refractivity contribution >= 4 is 6.03 Å². The number of ether oxygens (including phenoxy) is 1. The van der Waals surface area contributed by atoms with Crippen LogP contribution in [0.3, 0.4) is 0 Å². The van der Waals surface area contributed by atoms with Crippen LogP contribution in [0.1, 0.15) is 44.7 Å². The van der Waals surface area contributed by atoms with Crippen LogP contribution in [0.4, 0.5) is 4.79 Å². The second-order valence-corrected chi connectivity index (χ2v) is 8.25. The minimum absolute atomic E-state index is 0.0519. The second kappa shape index (κ2) is 7.24. The average molecular weight is 345 g/mol. The van der Waals surface area contributed by atoms with Gasteiger partial charge in [0, 0.05) is 44.3 Å². The average Bonchev–Trinajstić information content (AvgIpc) is 2.86. The number of carbonyl (C=O) groups is 1. The number of nitrogens with zero attached hydrogens (tertiary/aromatic N) is 2. The zero-order valence-electron chi connectivity index (χ0n) is 16.0. The molecule has 0 radical (unpaired) electrons. The largest absolute Gasteiger partial charge is 0.488 e. The molecule has 1 aromatic carbocycles. The van der Waals surface area contributed by atoms with E-state index in [0.29, 0.717) is 12.6 Å². The molecule has 0 saturated carbocycles. The molecule has 1 aromatic rings. The lowest BCUT2D eigenvalue weighted by atomic mass is 10.1. The summed E-state index contributed by atoms with van der Waals surface area (Å²) in [6, 6.07) is 6.61. The molecule has 2 bridgehead atoms. The van der Waals surface area contributed by atoms with Crippen LogP contribution < -0.4 is 10.1 Å². The molecule has 5 heteroatoms. The Labute approximate surface area is 151 Å². The molecule has 3 heterocycles. The van der Waals surface area contributed by atoms with Crippen molar-refractivity contribution in [3.8, 4) is 5.75 Å². The Kier molecular flexibility index (Phi) is 5.23. The zero-order valence-corrected chi connectivity index (χ0v) is 16.0. The summed E-state index contributed by atoms with van der Waals surface area (Å²) in [7, 11) is 0. The van der Waals surface area contributed by atoms with E-state index in [1.54, 1.807) is 0 Å². The number of nitrogens with one attached hydrogen (secondary N) is 1. The number of fused-ring (bicyclic) bond motifs is 4. The summed E-state index contributed by atoms with van der Waals surface area (Å²) in [6.07, 6.45) is 2.19. The molecule has 2 amide bonds. The van der Waals surface area contributed by atoms with E-state index in [4.69, 9.17) is 4.74 Å². The van der Waals surface area contributed by atoms with Crippen LogP contribution in [0, 0.1) is 6.92 Å². The minimum atomic E-state index is -0.259. The number of carbonyl (C=O) groups excluding carboxylic acids is 1. The lowest BCUT2D eigenvalue weighted by Crippen LogP contribution is -2.46. The molecule has 3 fully saturated rings. The number of amides is 2. The first-order chi connectivity index (χ1) is 11.8. The lowest BCUT2D eigenvalue weighted by Gasteiger charge is -2.31. The first kappa shape index (κ1) is 18.1. The van der Waals surface area contributed by atoms with Crippen LogP contribution in [0.5, 0.6) is 5.75 Å². The van der Waals surface area contributed by atoms with Crippen molar-refractivity contribution in [3.05, 3.63) is 29.3 Å². The summed E-state index contributed by atoms with van der Waals surface area (Å²) in [5, 5.41) is 3.11. The van der Waals surface area contributed by atoms with E-state index in [9.17, 15) is 4.79 Å². The lowest BCUT2D eigenvalue weighted by molar-refractivity contribution is 0.129. The maximum absolute atomic E-state index is 12.7. The highest BCUT2D eigenvalue weighted by molar-refractivity contribution is 5.74. The van der Waals surface area contributed by atoms with Crippen LogP contribution in [0.2, 0.25) is 0 Å². The first-order valence-corrected chi connectivity index (χ1v) is 9.37. The van der Waals surface area contributed by atoms with E-state index in [0.717, 1.165) is 55.9 Å². The molecule has 1 N–H and O–H groups in total. The number of aryl methyl sites for hydroxylation is 1. The SMILES string of the molecule is Cc1ccc(CNC(=O)N2CCN3CCC2CC3)c(OC(C)(C)C)c1. The highest BCUT2D eigenvalue weighted by Crippen LogP contribution is 2.25. The molecule has 3 saturated heterocycles. The fraction of sp³-hybridized carbons (Fsp3) is 0.650. The Morgan fingerprint density at radius 3 is 2.60 bits per heavy atom. The molecule has 3 aliphatic rings. The summed E-state index contributed by atoms with van der Waals surface area (Å²) in [5.74, 6) is 0.857. The zero-order chi connectivity index (χ0) is 18.0. The van der Waals surface area contributed by atoms with Crippen molar-refractivity contribution in [1.29, 1.82) is 0 Å². The van der Waals surface area contributed by atoms with Gasteiger partial charge in [-0.1, -0.05) is 12.1 Å². The minimum Gasteiger partial charge on any atom is -0.488 e.